The Kier molecular flexibility index (Phi) is 9.68. The molecule has 2 aliphatic heterocycles. The van der Waals surface area contributed by atoms with E-state index in [2.05, 4.69) is 18.5 Å². The Bertz CT molecular complexity index is 1640. The molecule has 43 heavy (non-hydrogen) atoms. The van der Waals surface area contributed by atoms with Crippen LogP contribution in [0.25, 0.3) is 21.5 Å². The smallest absolute Gasteiger partial charge is 0.230 e. The van der Waals surface area contributed by atoms with Gasteiger partial charge in [0.25, 0.3) is 0 Å². The highest BCUT2D eigenvalue weighted by Crippen LogP contribution is 2.45. The highest BCUT2D eigenvalue weighted by atomic mass is 35.5. The quantitative estimate of drug-likeness (QED) is 0.180. The second-order valence-corrected chi connectivity index (χ2v) is 11.9. The molecule has 1 aliphatic carbocycles. The topological polar surface area (TPSA) is 81.1 Å². The molecule has 8 heteroatoms. The molecule has 0 saturated heterocycles. The number of rotatable bonds is 3. The number of phenolic OH excluding ortho intramolecular Hbond substituents is 2. The molecule has 4 aromatic carbocycles. The van der Waals surface area contributed by atoms with Gasteiger partial charge in [0, 0.05) is 60.1 Å². The number of carbonyl (C=O) groups is 2. The fraction of sp³-hybridized carbons (Fsp3) is 0.371. The molecule has 0 aromatic heterocycles. The van der Waals surface area contributed by atoms with E-state index in [1.54, 1.807) is 17.0 Å². The van der Waals surface area contributed by atoms with E-state index in [4.69, 9.17) is 11.6 Å². The first-order valence-electron chi connectivity index (χ1n) is 14.9. The van der Waals surface area contributed by atoms with Crippen LogP contribution in [0, 0.1) is 11.8 Å². The van der Waals surface area contributed by atoms with Crippen LogP contribution in [0.1, 0.15) is 49.7 Å². The summed E-state index contributed by atoms with van der Waals surface area (Å²) in [5.41, 5.74) is 3.96. The maximum atomic E-state index is 13.0. The molecule has 0 radical (unpaired) electrons. The zero-order valence-corrected chi connectivity index (χ0v) is 26.1. The van der Waals surface area contributed by atoms with Gasteiger partial charge in [-0.15, -0.1) is 23.2 Å². The molecule has 2 heterocycles. The molecular weight excluding hydrogens is 583 g/mol. The van der Waals surface area contributed by atoms with Crippen LogP contribution in [0.15, 0.2) is 60.7 Å². The molecule has 2 amide bonds. The second kappa shape index (κ2) is 13.4. The summed E-state index contributed by atoms with van der Waals surface area (Å²) in [6.45, 7) is 3.57. The summed E-state index contributed by atoms with van der Waals surface area (Å²) in [5.74, 6) is 2.11. The third-order valence-electron chi connectivity index (χ3n) is 9.03. The van der Waals surface area contributed by atoms with Crippen LogP contribution in [0.2, 0.25) is 0 Å². The number of aromatic hydroxyl groups is 2. The molecule has 0 bridgehead atoms. The predicted octanol–water partition coefficient (Wildman–Crippen LogP) is 7.96. The lowest BCUT2D eigenvalue weighted by Crippen LogP contribution is -2.36. The van der Waals surface area contributed by atoms with Gasteiger partial charge in [0.15, 0.2) is 0 Å². The van der Waals surface area contributed by atoms with Gasteiger partial charge in [0.1, 0.15) is 11.5 Å². The standard InChI is InChI=1S/C20H23NO2.C14H12ClNO2.CH3Cl/c1-13-5-4-6-14(11-13)20(23)21-10-9-16-15-7-2-3-8-17(15)19(22)12-18(16)21;15-6-9-7-16(8-17)12-5-13(18)10-3-1-2-4-11(10)14(9)12;1-2/h2-3,7-8,12-14,22H,4-6,9-11H2,1H3;1-5,8-9,18H,6-7H2;1H3. The van der Waals surface area contributed by atoms with Crippen LogP contribution >= 0.6 is 23.2 Å². The Balaban J connectivity index is 0.000000166. The predicted molar refractivity (Wildman–Crippen MR) is 177 cm³/mol. The van der Waals surface area contributed by atoms with Gasteiger partial charge in [0.05, 0.1) is 11.4 Å². The minimum atomic E-state index is 0.123. The fourth-order valence-electron chi connectivity index (χ4n) is 7.04. The molecule has 3 atom stereocenters. The van der Waals surface area contributed by atoms with Crippen molar-refractivity contribution in [3.63, 3.8) is 0 Å². The number of nitrogens with zero attached hydrogens (tertiary/aromatic N) is 2. The highest BCUT2D eigenvalue weighted by Gasteiger charge is 2.34. The Morgan fingerprint density at radius 2 is 1.53 bits per heavy atom. The van der Waals surface area contributed by atoms with Crippen molar-refractivity contribution in [3.8, 4) is 11.5 Å². The van der Waals surface area contributed by atoms with E-state index in [1.165, 1.54) is 18.4 Å². The van der Waals surface area contributed by atoms with Crippen molar-refractivity contribution in [1.82, 2.24) is 0 Å². The lowest BCUT2D eigenvalue weighted by molar-refractivity contribution is -0.123. The summed E-state index contributed by atoms with van der Waals surface area (Å²) in [6.07, 6.45) is 7.55. The number of hydrogen-bond donors (Lipinski definition) is 2. The van der Waals surface area contributed by atoms with Crippen molar-refractivity contribution in [2.75, 3.05) is 35.2 Å². The van der Waals surface area contributed by atoms with Crippen molar-refractivity contribution < 1.29 is 19.8 Å². The molecule has 0 spiro atoms. The van der Waals surface area contributed by atoms with E-state index < -0.39 is 0 Å². The lowest BCUT2D eigenvalue weighted by Gasteiger charge is -2.29. The van der Waals surface area contributed by atoms with Crippen molar-refractivity contribution >= 4 is 68.4 Å². The summed E-state index contributed by atoms with van der Waals surface area (Å²) < 4.78 is 0. The van der Waals surface area contributed by atoms with E-state index in [-0.39, 0.29) is 29.2 Å². The first kappa shape index (κ1) is 31.0. The van der Waals surface area contributed by atoms with E-state index in [1.807, 2.05) is 53.4 Å². The number of alkyl halides is 2. The molecule has 7 rings (SSSR count). The number of amides is 2. The number of hydrogen-bond acceptors (Lipinski definition) is 4. The van der Waals surface area contributed by atoms with Crippen LogP contribution in [0.5, 0.6) is 11.5 Å². The maximum absolute atomic E-state index is 13.0. The number of fused-ring (bicyclic) bond motifs is 6. The number of halogens is 2. The van der Waals surface area contributed by atoms with Gasteiger partial charge in [-0.1, -0.05) is 68.3 Å². The van der Waals surface area contributed by atoms with E-state index in [0.29, 0.717) is 18.3 Å². The van der Waals surface area contributed by atoms with E-state index in [9.17, 15) is 19.8 Å². The Morgan fingerprint density at radius 1 is 0.930 bits per heavy atom. The Hall–Kier alpha value is -3.48. The highest BCUT2D eigenvalue weighted by molar-refractivity contribution is 6.19. The van der Waals surface area contributed by atoms with E-state index in [0.717, 1.165) is 77.1 Å². The lowest BCUT2D eigenvalue weighted by atomic mass is 9.82. The Morgan fingerprint density at radius 3 is 2.16 bits per heavy atom. The van der Waals surface area contributed by atoms with Crippen LogP contribution in [0.3, 0.4) is 0 Å². The molecule has 4 aromatic rings. The van der Waals surface area contributed by atoms with Crippen molar-refractivity contribution in [2.45, 2.75) is 44.9 Å². The van der Waals surface area contributed by atoms with Crippen LogP contribution in [-0.2, 0) is 16.0 Å². The fourth-order valence-corrected chi connectivity index (χ4v) is 7.29. The monoisotopic (exact) mass is 620 g/mol. The number of phenols is 2. The third-order valence-corrected chi connectivity index (χ3v) is 9.40. The van der Waals surface area contributed by atoms with Crippen molar-refractivity contribution in [3.05, 3.63) is 71.8 Å². The molecule has 226 valence electrons. The molecule has 2 N–H and O–H groups in total. The molecule has 1 fully saturated rings. The van der Waals surface area contributed by atoms with Crippen LogP contribution in [-0.4, -0.2) is 47.9 Å². The van der Waals surface area contributed by atoms with Gasteiger partial charge in [-0.3, -0.25) is 9.59 Å². The number of anilines is 2. The summed E-state index contributed by atoms with van der Waals surface area (Å²) in [7, 11) is 0. The molecule has 3 aliphatic rings. The minimum absolute atomic E-state index is 0.123. The molecule has 3 unspecified atom stereocenters. The van der Waals surface area contributed by atoms with Gasteiger partial charge >= 0.3 is 0 Å². The van der Waals surface area contributed by atoms with Crippen LogP contribution in [0.4, 0.5) is 11.4 Å². The molecule has 1 saturated carbocycles. The van der Waals surface area contributed by atoms with Gasteiger partial charge in [0.2, 0.25) is 12.3 Å². The number of benzene rings is 4. The minimum Gasteiger partial charge on any atom is -0.507 e. The normalized spacial score (nSPS) is 20.5. The average Bonchev–Trinajstić information content (AvgIpc) is 3.63. The zero-order chi connectivity index (χ0) is 30.7. The van der Waals surface area contributed by atoms with Gasteiger partial charge < -0.3 is 20.0 Å². The van der Waals surface area contributed by atoms with Crippen molar-refractivity contribution in [1.29, 1.82) is 0 Å². The first-order valence-corrected chi connectivity index (χ1v) is 16.2. The Labute approximate surface area is 262 Å². The third kappa shape index (κ3) is 5.87. The van der Waals surface area contributed by atoms with Crippen LogP contribution < -0.4 is 9.80 Å². The first-order chi connectivity index (χ1) is 20.9. The summed E-state index contributed by atoms with van der Waals surface area (Å²) in [5, 5.41) is 24.1. The van der Waals surface area contributed by atoms with Crippen molar-refractivity contribution in [2.24, 2.45) is 11.8 Å². The molecular formula is C35H38Cl2N2O4. The summed E-state index contributed by atoms with van der Waals surface area (Å²) >= 11 is 10.6. The largest absolute Gasteiger partial charge is 0.507 e. The zero-order valence-electron chi connectivity index (χ0n) is 24.6. The second-order valence-electron chi connectivity index (χ2n) is 11.6. The van der Waals surface area contributed by atoms with Gasteiger partial charge in [-0.25, -0.2) is 0 Å². The van der Waals surface area contributed by atoms with Gasteiger partial charge in [-0.05, 0) is 47.1 Å². The van der Waals surface area contributed by atoms with E-state index >= 15 is 0 Å². The SMILES string of the molecule is CC1CCCC(C(=O)N2CCc3c2cc(O)c2ccccc32)C1.CCl.O=CN1CC(CCl)c2c1cc(O)c1ccccc21. The van der Waals surface area contributed by atoms with Gasteiger partial charge in [-0.2, -0.15) is 0 Å². The maximum Gasteiger partial charge on any atom is 0.230 e. The summed E-state index contributed by atoms with van der Waals surface area (Å²) in [4.78, 5) is 27.6. The average molecular weight is 622 g/mol. The summed E-state index contributed by atoms with van der Waals surface area (Å²) in [6, 6.07) is 19.0. The number of carbonyl (C=O) groups excluding carboxylic acids is 2. The molecule has 6 nitrogen and oxygen atoms in total.